The molecule has 1 aromatic heterocycles. The number of phenols is 1. The number of imidazole rings is 1. The van der Waals surface area contributed by atoms with E-state index in [1.165, 1.54) is 24.7 Å². The number of carbonyl (C=O) groups is 6. The van der Waals surface area contributed by atoms with Gasteiger partial charge in [0.1, 0.15) is 23.9 Å². The standard InChI is InChI=1S/C36H52N8O8/c1-21(2)15-23(36(51)52)17-31(46)29(16-22-10-12-25(45)13-11-22)43-34(49)27-8-4-3-7-26(38)32(47)44-30(18-24-19-39-20-40-24)35(50)42-28(33(48)41-27)9-5-6-14-37/h3-4,10-13,19-21,23,26-30,45H,5-9,14-18,37-38H2,1-2H3,(H,39,40)(H,41,48)(H,42,50)(H,43,49)(H,44,47)(H,51,52)/t23-,26+,27+,28+,29+,30+/m1/s1. The lowest BCUT2D eigenvalue weighted by Crippen LogP contribution is -2.59. The minimum atomic E-state index is -1.23. The number of phenolic OH excluding ortho intramolecular Hbond substituents is 1. The quantitative estimate of drug-likeness (QED) is 0.0842. The van der Waals surface area contributed by atoms with Gasteiger partial charge < -0.3 is 47.9 Å². The Morgan fingerprint density at radius 1 is 0.962 bits per heavy atom. The van der Waals surface area contributed by atoms with Crippen LogP contribution in [0.25, 0.3) is 0 Å². The Labute approximate surface area is 303 Å². The second-order valence-electron chi connectivity index (χ2n) is 13.6. The summed E-state index contributed by atoms with van der Waals surface area (Å²) in [5.74, 6) is -5.22. The number of aliphatic carboxylic acids is 1. The number of H-pyrrole nitrogens is 1. The number of benzene rings is 1. The molecule has 0 saturated heterocycles. The van der Waals surface area contributed by atoms with Crippen molar-refractivity contribution >= 4 is 35.4 Å². The number of amides is 4. The fraction of sp³-hybridized carbons (Fsp3) is 0.528. The molecule has 6 atom stereocenters. The van der Waals surface area contributed by atoms with Crippen molar-refractivity contribution in [1.82, 2.24) is 31.2 Å². The number of carbonyl (C=O) groups excluding carboxylic acids is 5. The van der Waals surface area contributed by atoms with E-state index < -0.39 is 71.5 Å². The zero-order chi connectivity index (χ0) is 38.2. The van der Waals surface area contributed by atoms with E-state index in [4.69, 9.17) is 11.5 Å². The molecule has 0 aliphatic carbocycles. The SMILES string of the molecule is CC(C)C[C@H](CC(=O)[C@H](Cc1ccc(O)cc1)NC(=O)[C@@H]1CC=CC[C@H](N)C(=O)N[C@@H](Cc2cnc[nH]2)C(=O)N[C@@H](CCCCN)C(=O)N1)C(=O)O. The number of aromatic hydroxyl groups is 1. The fourth-order valence-electron chi connectivity index (χ4n) is 5.84. The first kappa shape index (κ1) is 41.3. The van der Waals surface area contributed by atoms with Gasteiger partial charge in [-0.3, -0.25) is 28.8 Å². The number of carboxylic acid groups (broad SMARTS) is 1. The number of Topliss-reactive ketones (excluding diaryl/α,β-unsaturated/α-hetero) is 1. The number of unbranched alkanes of at least 4 members (excludes halogenated alkanes) is 1. The van der Waals surface area contributed by atoms with Gasteiger partial charge in [0.05, 0.1) is 24.3 Å². The molecule has 0 saturated carbocycles. The Balaban J connectivity index is 1.92. The number of aromatic amines is 1. The van der Waals surface area contributed by atoms with Crippen molar-refractivity contribution in [1.29, 1.82) is 0 Å². The van der Waals surface area contributed by atoms with E-state index >= 15 is 0 Å². The van der Waals surface area contributed by atoms with E-state index in [2.05, 4.69) is 31.2 Å². The second kappa shape index (κ2) is 20.7. The van der Waals surface area contributed by atoms with E-state index in [0.717, 1.165) is 0 Å². The molecule has 1 aromatic carbocycles. The Bertz CT molecular complexity index is 1530. The number of rotatable bonds is 16. The maximum absolute atomic E-state index is 13.9. The van der Waals surface area contributed by atoms with Gasteiger partial charge in [0, 0.05) is 24.7 Å². The van der Waals surface area contributed by atoms with Gasteiger partial charge in [-0.25, -0.2) is 4.98 Å². The number of ketones is 1. The third kappa shape index (κ3) is 13.6. The zero-order valence-corrected chi connectivity index (χ0v) is 29.7. The van der Waals surface area contributed by atoms with Crippen molar-refractivity contribution in [3.63, 3.8) is 0 Å². The van der Waals surface area contributed by atoms with Crippen LogP contribution >= 0.6 is 0 Å². The van der Waals surface area contributed by atoms with Crippen LogP contribution in [0.2, 0.25) is 0 Å². The third-order valence-corrected chi connectivity index (χ3v) is 8.72. The predicted molar refractivity (Wildman–Crippen MR) is 191 cm³/mol. The molecule has 11 N–H and O–H groups in total. The van der Waals surface area contributed by atoms with Crippen LogP contribution in [0.4, 0.5) is 0 Å². The van der Waals surface area contributed by atoms with Gasteiger partial charge in [-0.05, 0) is 75.1 Å². The van der Waals surface area contributed by atoms with Gasteiger partial charge >= 0.3 is 5.97 Å². The lowest BCUT2D eigenvalue weighted by molar-refractivity contribution is -0.144. The average Bonchev–Trinajstić information content (AvgIpc) is 3.61. The molecule has 1 aliphatic rings. The van der Waals surface area contributed by atoms with Gasteiger partial charge in [0.2, 0.25) is 23.6 Å². The summed E-state index contributed by atoms with van der Waals surface area (Å²) >= 11 is 0. The largest absolute Gasteiger partial charge is 0.508 e. The lowest BCUT2D eigenvalue weighted by Gasteiger charge is -2.27. The number of carboxylic acids is 1. The maximum atomic E-state index is 13.9. The first-order valence-corrected chi connectivity index (χ1v) is 17.6. The van der Waals surface area contributed by atoms with E-state index in [-0.39, 0.29) is 56.6 Å². The van der Waals surface area contributed by atoms with Crippen LogP contribution in [0.5, 0.6) is 5.75 Å². The van der Waals surface area contributed by atoms with Crippen LogP contribution in [0.3, 0.4) is 0 Å². The van der Waals surface area contributed by atoms with Crippen molar-refractivity contribution in [2.45, 2.75) is 102 Å². The van der Waals surface area contributed by atoms with Crippen molar-refractivity contribution in [2.24, 2.45) is 23.3 Å². The molecule has 0 spiro atoms. The summed E-state index contributed by atoms with van der Waals surface area (Å²) in [4.78, 5) is 86.9. The number of hydrogen-bond donors (Lipinski definition) is 9. The van der Waals surface area contributed by atoms with Crippen LogP contribution in [0, 0.1) is 11.8 Å². The van der Waals surface area contributed by atoms with Gasteiger partial charge in [-0.1, -0.05) is 38.1 Å². The predicted octanol–water partition coefficient (Wildman–Crippen LogP) is 0.352. The molecule has 0 unspecified atom stereocenters. The molecule has 3 rings (SSSR count). The molecule has 0 bridgehead atoms. The maximum Gasteiger partial charge on any atom is 0.306 e. The van der Waals surface area contributed by atoms with Crippen LogP contribution in [0.15, 0.2) is 48.9 Å². The highest BCUT2D eigenvalue weighted by Crippen LogP contribution is 2.19. The van der Waals surface area contributed by atoms with E-state index in [1.807, 2.05) is 13.8 Å². The first-order chi connectivity index (χ1) is 24.8. The van der Waals surface area contributed by atoms with Crippen LogP contribution in [-0.2, 0) is 41.6 Å². The first-order valence-electron chi connectivity index (χ1n) is 17.6. The summed E-state index contributed by atoms with van der Waals surface area (Å²) in [6.07, 6.45) is 7.30. The lowest BCUT2D eigenvalue weighted by atomic mass is 9.89. The van der Waals surface area contributed by atoms with Gasteiger partial charge in [0.15, 0.2) is 5.78 Å². The van der Waals surface area contributed by atoms with Crippen molar-refractivity contribution in [2.75, 3.05) is 6.54 Å². The van der Waals surface area contributed by atoms with E-state index in [9.17, 15) is 39.0 Å². The molecule has 4 amide bonds. The van der Waals surface area contributed by atoms with Crippen LogP contribution < -0.4 is 32.7 Å². The summed E-state index contributed by atoms with van der Waals surface area (Å²) in [6, 6.07) is 0.401. The second-order valence-corrected chi connectivity index (χ2v) is 13.6. The highest BCUT2D eigenvalue weighted by Gasteiger charge is 2.33. The van der Waals surface area contributed by atoms with Crippen molar-refractivity contribution < 1.29 is 39.0 Å². The highest BCUT2D eigenvalue weighted by atomic mass is 16.4. The van der Waals surface area contributed by atoms with Gasteiger partial charge in [0.25, 0.3) is 0 Å². The monoisotopic (exact) mass is 724 g/mol. The molecule has 0 fully saturated rings. The Morgan fingerprint density at radius 3 is 2.27 bits per heavy atom. The molecular formula is C36H52N8O8. The fourth-order valence-corrected chi connectivity index (χ4v) is 5.84. The average molecular weight is 725 g/mol. The van der Waals surface area contributed by atoms with Crippen molar-refractivity contribution in [3.8, 4) is 5.75 Å². The Kier molecular flexibility index (Phi) is 16.4. The number of nitrogens with zero attached hydrogens (tertiary/aromatic N) is 1. The highest BCUT2D eigenvalue weighted by molar-refractivity contribution is 5.97. The normalized spacial score (nSPS) is 21.3. The minimum Gasteiger partial charge on any atom is -0.508 e. The minimum absolute atomic E-state index is 0.00370. The summed E-state index contributed by atoms with van der Waals surface area (Å²) < 4.78 is 0. The van der Waals surface area contributed by atoms with Crippen molar-refractivity contribution in [3.05, 3.63) is 60.2 Å². The summed E-state index contributed by atoms with van der Waals surface area (Å²) in [5, 5.41) is 30.4. The molecule has 52 heavy (non-hydrogen) atoms. The molecule has 16 nitrogen and oxygen atoms in total. The third-order valence-electron chi connectivity index (χ3n) is 8.72. The molecule has 2 heterocycles. The molecular weight excluding hydrogens is 672 g/mol. The molecule has 2 aromatic rings. The molecule has 16 heteroatoms. The number of aromatic nitrogens is 2. The van der Waals surface area contributed by atoms with Gasteiger partial charge in [-0.15, -0.1) is 0 Å². The Hall–Kier alpha value is -5.09. The zero-order valence-electron chi connectivity index (χ0n) is 29.7. The molecule has 0 radical (unpaired) electrons. The van der Waals surface area contributed by atoms with E-state index in [0.29, 0.717) is 30.6 Å². The Morgan fingerprint density at radius 2 is 1.63 bits per heavy atom. The van der Waals surface area contributed by atoms with Crippen LogP contribution in [-0.4, -0.2) is 92.3 Å². The smallest absolute Gasteiger partial charge is 0.306 e. The topological polar surface area (TPSA) is 272 Å². The summed E-state index contributed by atoms with van der Waals surface area (Å²) in [6.45, 7) is 4.05. The number of nitrogens with two attached hydrogens (primary N) is 2. The summed E-state index contributed by atoms with van der Waals surface area (Å²) in [7, 11) is 0. The molecule has 284 valence electrons. The van der Waals surface area contributed by atoms with Crippen LogP contribution in [0.1, 0.15) is 70.1 Å². The summed E-state index contributed by atoms with van der Waals surface area (Å²) in [5.41, 5.74) is 13.0. The van der Waals surface area contributed by atoms with E-state index in [1.54, 1.807) is 24.3 Å². The number of nitrogens with one attached hydrogen (secondary N) is 5. The van der Waals surface area contributed by atoms with Gasteiger partial charge in [-0.2, -0.15) is 0 Å². The molecule has 1 aliphatic heterocycles. The number of hydrogen-bond acceptors (Lipinski definition) is 10.